The topological polar surface area (TPSA) is 55.2 Å². The highest BCUT2D eigenvalue weighted by atomic mass is 35.5. The van der Waals surface area contributed by atoms with Crippen LogP contribution in [-0.2, 0) is 17.1 Å². The Bertz CT molecular complexity index is 761. The second kappa shape index (κ2) is 5.75. The Labute approximate surface area is 128 Å². The number of sulfonamides is 1. The van der Waals surface area contributed by atoms with E-state index in [1.165, 1.54) is 24.0 Å². The van der Waals surface area contributed by atoms with E-state index in [1.807, 2.05) is 0 Å². The number of rotatable bonds is 4. The van der Waals surface area contributed by atoms with Gasteiger partial charge in [-0.05, 0) is 13.0 Å². The fourth-order valence-corrected chi connectivity index (χ4v) is 3.65. The molecule has 114 valence electrons. The molecule has 8 heteroatoms. The number of benzene rings is 1. The van der Waals surface area contributed by atoms with E-state index in [0.717, 1.165) is 4.31 Å². The van der Waals surface area contributed by atoms with Crippen LogP contribution in [0.25, 0.3) is 0 Å². The van der Waals surface area contributed by atoms with Gasteiger partial charge in [0.25, 0.3) is 10.0 Å². The molecule has 1 heterocycles. The van der Waals surface area contributed by atoms with E-state index in [1.54, 1.807) is 32.2 Å². The van der Waals surface area contributed by atoms with Gasteiger partial charge in [-0.3, -0.25) is 0 Å². The molecule has 2 aromatic rings. The van der Waals surface area contributed by atoms with Gasteiger partial charge in [0.05, 0.1) is 6.33 Å². The molecule has 0 aliphatic heterocycles. The van der Waals surface area contributed by atoms with Crippen molar-refractivity contribution in [3.8, 4) is 0 Å². The van der Waals surface area contributed by atoms with Crippen molar-refractivity contribution in [1.82, 2.24) is 13.9 Å². The molecular weight excluding hydrogens is 317 g/mol. The van der Waals surface area contributed by atoms with Crippen molar-refractivity contribution in [2.24, 2.45) is 7.05 Å². The number of aryl methyl sites for hydroxylation is 1. The lowest BCUT2D eigenvalue weighted by atomic mass is 10.1. The van der Waals surface area contributed by atoms with Crippen molar-refractivity contribution in [3.63, 3.8) is 0 Å². The largest absolute Gasteiger partial charge is 0.324 e. The molecule has 0 aliphatic rings. The van der Waals surface area contributed by atoms with Gasteiger partial charge in [-0.1, -0.05) is 29.8 Å². The minimum atomic E-state index is -3.91. The highest BCUT2D eigenvalue weighted by Crippen LogP contribution is 2.29. The van der Waals surface area contributed by atoms with Crippen LogP contribution in [0, 0.1) is 5.82 Å². The van der Waals surface area contributed by atoms with Crippen molar-refractivity contribution in [2.45, 2.75) is 18.0 Å². The Hall–Kier alpha value is -1.44. The maximum atomic E-state index is 13.8. The molecule has 0 fully saturated rings. The number of hydrogen-bond donors (Lipinski definition) is 0. The van der Waals surface area contributed by atoms with E-state index in [9.17, 15) is 12.8 Å². The second-order valence-electron chi connectivity index (χ2n) is 4.67. The second-order valence-corrected chi connectivity index (χ2v) is 6.94. The van der Waals surface area contributed by atoms with E-state index in [2.05, 4.69) is 4.98 Å². The lowest BCUT2D eigenvalue weighted by Crippen LogP contribution is -2.30. The van der Waals surface area contributed by atoms with Gasteiger partial charge in [-0.25, -0.2) is 17.8 Å². The van der Waals surface area contributed by atoms with Gasteiger partial charge in [0.15, 0.2) is 0 Å². The molecule has 21 heavy (non-hydrogen) atoms. The molecule has 0 bridgehead atoms. The molecule has 0 aliphatic carbocycles. The van der Waals surface area contributed by atoms with Crippen molar-refractivity contribution in [3.05, 3.63) is 47.1 Å². The van der Waals surface area contributed by atoms with Gasteiger partial charge >= 0.3 is 0 Å². The molecule has 2 rings (SSSR count). The fraction of sp³-hybridized carbons (Fsp3) is 0.308. The molecule has 0 saturated heterocycles. The van der Waals surface area contributed by atoms with Crippen LogP contribution < -0.4 is 0 Å². The summed E-state index contributed by atoms with van der Waals surface area (Å²) in [6.07, 6.45) is 1.32. The molecular formula is C13H15ClFN3O2S. The molecule has 0 radical (unpaired) electrons. The van der Waals surface area contributed by atoms with Crippen molar-refractivity contribution < 1.29 is 12.8 Å². The summed E-state index contributed by atoms with van der Waals surface area (Å²) >= 11 is 5.94. The summed E-state index contributed by atoms with van der Waals surface area (Å²) in [5.74, 6) is -0.459. The number of imidazole rings is 1. The van der Waals surface area contributed by atoms with Gasteiger partial charge in [0.1, 0.15) is 11.0 Å². The monoisotopic (exact) mass is 331 g/mol. The van der Waals surface area contributed by atoms with Crippen LogP contribution in [0.4, 0.5) is 4.39 Å². The zero-order valence-electron chi connectivity index (χ0n) is 11.8. The minimum Gasteiger partial charge on any atom is -0.324 e. The first-order chi connectivity index (χ1) is 9.76. The summed E-state index contributed by atoms with van der Waals surface area (Å²) in [4.78, 5) is 3.81. The van der Waals surface area contributed by atoms with Crippen molar-refractivity contribution in [2.75, 3.05) is 7.05 Å². The molecule has 0 saturated carbocycles. The van der Waals surface area contributed by atoms with Crippen LogP contribution in [0.1, 0.15) is 18.5 Å². The molecule has 1 aromatic heterocycles. The standard InChI is InChI=1S/C13H15ClFN3O2S/c1-9(10-6-4-5-7-11(10)15)18(3)21(19,20)13-12(14)17(2)8-16-13/h4-9H,1-3H3. The quantitative estimate of drug-likeness (QED) is 0.865. The lowest BCUT2D eigenvalue weighted by molar-refractivity contribution is 0.386. The van der Waals surface area contributed by atoms with Crippen LogP contribution >= 0.6 is 11.6 Å². The Morgan fingerprint density at radius 1 is 1.38 bits per heavy atom. The summed E-state index contributed by atoms with van der Waals surface area (Å²) in [5.41, 5.74) is 0.288. The summed E-state index contributed by atoms with van der Waals surface area (Å²) in [6.45, 7) is 1.60. The minimum absolute atomic E-state index is 0.0163. The molecule has 0 spiro atoms. The van der Waals surface area contributed by atoms with Crippen LogP contribution in [0.2, 0.25) is 5.15 Å². The number of nitrogens with zero attached hydrogens (tertiary/aromatic N) is 3. The van der Waals surface area contributed by atoms with Gasteiger partial charge in [0.2, 0.25) is 5.03 Å². The van der Waals surface area contributed by atoms with Gasteiger partial charge in [-0.2, -0.15) is 4.31 Å². The SMILES string of the molecule is CC(c1ccccc1F)N(C)S(=O)(=O)c1ncn(C)c1Cl. The van der Waals surface area contributed by atoms with Crippen LogP contribution in [0.5, 0.6) is 0 Å². The molecule has 1 unspecified atom stereocenters. The van der Waals surface area contributed by atoms with Crippen LogP contribution in [0.15, 0.2) is 35.6 Å². The first-order valence-electron chi connectivity index (χ1n) is 6.16. The van der Waals surface area contributed by atoms with E-state index in [4.69, 9.17) is 11.6 Å². The normalized spacial score (nSPS) is 13.6. The Balaban J connectivity index is 2.41. The average Bonchev–Trinajstić information content (AvgIpc) is 2.78. The number of halogens is 2. The Morgan fingerprint density at radius 2 is 2.00 bits per heavy atom. The smallest absolute Gasteiger partial charge is 0.263 e. The summed E-state index contributed by atoms with van der Waals surface area (Å²) in [6, 6.07) is 5.36. The fourth-order valence-electron chi connectivity index (χ4n) is 1.92. The third kappa shape index (κ3) is 2.81. The molecule has 0 N–H and O–H groups in total. The first-order valence-corrected chi connectivity index (χ1v) is 7.98. The first kappa shape index (κ1) is 15.9. The summed E-state index contributed by atoms with van der Waals surface area (Å²) < 4.78 is 41.3. The predicted molar refractivity (Wildman–Crippen MR) is 78.0 cm³/mol. The zero-order chi connectivity index (χ0) is 15.8. The maximum absolute atomic E-state index is 13.8. The van der Waals surface area contributed by atoms with Crippen molar-refractivity contribution >= 4 is 21.6 Å². The molecule has 1 atom stereocenters. The number of hydrogen-bond acceptors (Lipinski definition) is 3. The van der Waals surface area contributed by atoms with Crippen molar-refractivity contribution in [1.29, 1.82) is 0 Å². The highest BCUT2D eigenvalue weighted by Gasteiger charge is 2.31. The summed E-state index contributed by atoms with van der Waals surface area (Å²) in [5, 5.41) is -0.222. The van der Waals surface area contributed by atoms with Gasteiger partial charge in [0, 0.05) is 25.7 Å². The average molecular weight is 332 g/mol. The maximum Gasteiger partial charge on any atom is 0.263 e. The van der Waals surface area contributed by atoms with Gasteiger partial charge < -0.3 is 4.57 Å². The molecule has 1 aromatic carbocycles. The van der Waals surface area contributed by atoms with Gasteiger partial charge in [-0.15, -0.1) is 0 Å². The van der Waals surface area contributed by atoms with E-state index < -0.39 is 21.9 Å². The third-order valence-electron chi connectivity index (χ3n) is 3.36. The zero-order valence-corrected chi connectivity index (χ0v) is 13.4. The van der Waals surface area contributed by atoms with E-state index >= 15 is 0 Å². The lowest BCUT2D eigenvalue weighted by Gasteiger charge is -2.24. The molecule has 5 nitrogen and oxygen atoms in total. The predicted octanol–water partition coefficient (Wildman–Crippen LogP) is 2.59. The highest BCUT2D eigenvalue weighted by molar-refractivity contribution is 7.89. The Morgan fingerprint density at radius 3 is 2.52 bits per heavy atom. The van der Waals surface area contributed by atoms with E-state index in [-0.39, 0.29) is 15.7 Å². The van der Waals surface area contributed by atoms with Crippen LogP contribution in [0.3, 0.4) is 0 Å². The van der Waals surface area contributed by atoms with Crippen LogP contribution in [-0.4, -0.2) is 29.3 Å². The summed E-state index contributed by atoms with van der Waals surface area (Å²) in [7, 11) is -0.946. The molecule has 0 amide bonds. The Kier molecular flexibility index (Phi) is 4.36. The third-order valence-corrected chi connectivity index (χ3v) is 5.78. The van der Waals surface area contributed by atoms with E-state index in [0.29, 0.717) is 0 Å². The number of aromatic nitrogens is 2.